The van der Waals surface area contributed by atoms with Gasteiger partial charge in [-0.15, -0.1) is 0 Å². The zero-order valence-electron chi connectivity index (χ0n) is 13.3. The van der Waals surface area contributed by atoms with Gasteiger partial charge < -0.3 is 13.9 Å². The molecule has 0 N–H and O–H groups in total. The molecule has 5 nitrogen and oxygen atoms in total. The summed E-state index contributed by atoms with van der Waals surface area (Å²) in [6, 6.07) is 4.70. The third kappa shape index (κ3) is 4.05. The molecule has 0 radical (unpaired) electrons. The highest BCUT2D eigenvalue weighted by Gasteiger charge is 2.18. The molecular weight excluding hydrogens is 320 g/mol. The van der Waals surface area contributed by atoms with Crippen molar-refractivity contribution < 1.29 is 18.7 Å². The molecule has 0 saturated carbocycles. The molecule has 0 aliphatic heterocycles. The van der Waals surface area contributed by atoms with Gasteiger partial charge in [-0.25, -0.2) is 9.59 Å². The van der Waals surface area contributed by atoms with Gasteiger partial charge >= 0.3 is 11.6 Å². The van der Waals surface area contributed by atoms with E-state index in [0.29, 0.717) is 10.6 Å². The van der Waals surface area contributed by atoms with Gasteiger partial charge in [0.1, 0.15) is 11.3 Å². The van der Waals surface area contributed by atoms with Crippen LogP contribution in [0.5, 0.6) is 5.75 Å². The Hall–Kier alpha value is -2.01. The van der Waals surface area contributed by atoms with Crippen molar-refractivity contribution in [2.24, 2.45) is 0 Å². The third-order valence-electron chi connectivity index (χ3n) is 3.32. The maximum Gasteiger partial charge on any atom is 0.347 e. The number of fused-ring (bicyclic) bond motifs is 1. The van der Waals surface area contributed by atoms with Crippen molar-refractivity contribution >= 4 is 28.5 Å². The fourth-order valence-corrected chi connectivity index (χ4v) is 2.50. The van der Waals surface area contributed by atoms with Crippen molar-refractivity contribution in [3.8, 4) is 5.75 Å². The van der Waals surface area contributed by atoms with E-state index in [1.54, 1.807) is 19.9 Å². The Morgan fingerprint density at radius 2 is 2.04 bits per heavy atom. The van der Waals surface area contributed by atoms with Crippen LogP contribution in [0, 0.1) is 0 Å². The summed E-state index contributed by atoms with van der Waals surface area (Å²) in [5.41, 5.74) is 0.842. The predicted molar refractivity (Wildman–Crippen MR) is 88.2 cm³/mol. The number of carbonyl (C=O) groups is 1. The van der Waals surface area contributed by atoms with Crippen LogP contribution in [0.25, 0.3) is 11.0 Å². The summed E-state index contributed by atoms with van der Waals surface area (Å²) in [4.78, 5) is 23.3. The molecule has 0 aliphatic rings. The van der Waals surface area contributed by atoms with Gasteiger partial charge in [0.2, 0.25) is 0 Å². The normalized spacial score (nSPS) is 12.2. The van der Waals surface area contributed by atoms with Gasteiger partial charge in [-0.1, -0.05) is 24.9 Å². The van der Waals surface area contributed by atoms with Crippen LogP contribution in [0.2, 0.25) is 5.02 Å². The molecule has 1 aromatic carbocycles. The van der Waals surface area contributed by atoms with Gasteiger partial charge in [0.05, 0.1) is 11.6 Å². The van der Waals surface area contributed by atoms with E-state index in [4.69, 9.17) is 25.5 Å². The fourth-order valence-electron chi connectivity index (χ4n) is 2.29. The Bertz CT molecular complexity index is 765. The average molecular weight is 339 g/mol. The number of hydrogen-bond acceptors (Lipinski definition) is 5. The van der Waals surface area contributed by atoms with Crippen molar-refractivity contribution in [2.75, 3.05) is 6.61 Å². The number of aryl methyl sites for hydroxylation is 1. The lowest BCUT2D eigenvalue weighted by molar-refractivity contribution is -0.150. The molecule has 0 fully saturated rings. The standard InChI is InChI=1S/C17H19ClO5/c1-4-6-11-7-16(19)23-14-9-15(13(18)8-12(11)14)22-10(3)17(20)21-5-2/h7-10H,4-6H2,1-3H3/t10-/m0/s1. The highest BCUT2D eigenvalue weighted by molar-refractivity contribution is 6.32. The summed E-state index contributed by atoms with van der Waals surface area (Å²) in [5.74, 6) is -0.207. The molecular formula is C17H19ClO5. The first-order valence-corrected chi connectivity index (χ1v) is 7.93. The SMILES string of the molecule is CCCc1cc(=O)oc2cc(O[C@@H](C)C(=O)OCC)c(Cl)cc12. The van der Waals surface area contributed by atoms with Gasteiger partial charge in [-0.3, -0.25) is 0 Å². The summed E-state index contributed by atoms with van der Waals surface area (Å²) in [7, 11) is 0. The van der Waals surface area contributed by atoms with Gasteiger partial charge in [-0.2, -0.15) is 0 Å². The molecule has 0 saturated heterocycles. The van der Waals surface area contributed by atoms with Crippen LogP contribution in [0.4, 0.5) is 0 Å². The van der Waals surface area contributed by atoms with E-state index >= 15 is 0 Å². The number of hydrogen-bond donors (Lipinski definition) is 0. The third-order valence-corrected chi connectivity index (χ3v) is 3.62. The van der Waals surface area contributed by atoms with Crippen molar-refractivity contribution in [3.63, 3.8) is 0 Å². The molecule has 0 unspecified atom stereocenters. The first kappa shape index (κ1) is 17.3. The van der Waals surface area contributed by atoms with E-state index in [1.807, 2.05) is 6.92 Å². The molecule has 1 aromatic heterocycles. The molecule has 124 valence electrons. The first-order valence-electron chi connectivity index (χ1n) is 7.55. The predicted octanol–water partition coefficient (Wildman–Crippen LogP) is 3.73. The smallest absolute Gasteiger partial charge is 0.347 e. The minimum Gasteiger partial charge on any atom is -0.477 e. The molecule has 0 bridgehead atoms. The van der Waals surface area contributed by atoms with Crippen LogP contribution >= 0.6 is 11.6 Å². The van der Waals surface area contributed by atoms with Crippen LogP contribution in [-0.2, 0) is 16.0 Å². The van der Waals surface area contributed by atoms with Crippen molar-refractivity contribution in [3.05, 3.63) is 39.2 Å². The van der Waals surface area contributed by atoms with E-state index in [0.717, 1.165) is 23.8 Å². The zero-order chi connectivity index (χ0) is 17.0. The Balaban J connectivity index is 2.41. The largest absolute Gasteiger partial charge is 0.477 e. The van der Waals surface area contributed by atoms with E-state index in [-0.39, 0.29) is 12.4 Å². The Labute approximate surface area is 139 Å². The van der Waals surface area contributed by atoms with E-state index in [2.05, 4.69) is 0 Å². The highest BCUT2D eigenvalue weighted by atomic mass is 35.5. The molecule has 0 spiro atoms. The van der Waals surface area contributed by atoms with E-state index in [1.165, 1.54) is 12.1 Å². The van der Waals surface area contributed by atoms with Crippen LogP contribution in [0.3, 0.4) is 0 Å². The topological polar surface area (TPSA) is 65.7 Å². The van der Waals surface area contributed by atoms with Crippen molar-refractivity contribution in [2.45, 2.75) is 39.7 Å². The Morgan fingerprint density at radius 3 is 2.70 bits per heavy atom. The molecule has 23 heavy (non-hydrogen) atoms. The summed E-state index contributed by atoms with van der Waals surface area (Å²) < 4.78 is 15.7. The first-order chi connectivity index (χ1) is 11.0. The van der Waals surface area contributed by atoms with Gasteiger partial charge in [0, 0.05) is 17.5 Å². The monoisotopic (exact) mass is 338 g/mol. The molecule has 0 aliphatic carbocycles. The second-order valence-electron chi connectivity index (χ2n) is 5.13. The number of esters is 1. The maximum absolute atomic E-state index is 11.7. The number of carbonyl (C=O) groups excluding carboxylic acids is 1. The summed E-state index contributed by atoms with van der Waals surface area (Å²) >= 11 is 6.24. The van der Waals surface area contributed by atoms with Crippen LogP contribution < -0.4 is 10.4 Å². The second kappa shape index (κ2) is 7.51. The molecule has 1 heterocycles. The van der Waals surface area contributed by atoms with Crippen LogP contribution in [0.15, 0.2) is 27.4 Å². The van der Waals surface area contributed by atoms with Gasteiger partial charge in [0.25, 0.3) is 0 Å². The minimum absolute atomic E-state index is 0.271. The summed E-state index contributed by atoms with van der Waals surface area (Å²) in [6.45, 7) is 5.59. The Morgan fingerprint density at radius 1 is 1.30 bits per heavy atom. The average Bonchev–Trinajstić information content (AvgIpc) is 2.49. The Kier molecular flexibility index (Phi) is 5.66. The summed E-state index contributed by atoms with van der Waals surface area (Å²) in [6.07, 6.45) is 0.835. The van der Waals surface area contributed by atoms with Crippen molar-refractivity contribution in [1.29, 1.82) is 0 Å². The molecule has 6 heteroatoms. The zero-order valence-corrected chi connectivity index (χ0v) is 14.1. The van der Waals surface area contributed by atoms with Gasteiger partial charge in [0.15, 0.2) is 6.10 Å². The lowest BCUT2D eigenvalue weighted by Crippen LogP contribution is -2.26. The maximum atomic E-state index is 11.7. The fraction of sp³-hybridized carbons (Fsp3) is 0.412. The molecule has 0 amide bonds. The number of rotatable bonds is 6. The van der Waals surface area contributed by atoms with E-state index < -0.39 is 17.7 Å². The molecule has 2 aromatic rings. The van der Waals surface area contributed by atoms with Crippen molar-refractivity contribution in [1.82, 2.24) is 0 Å². The van der Waals surface area contributed by atoms with E-state index in [9.17, 15) is 9.59 Å². The number of halogens is 1. The second-order valence-corrected chi connectivity index (χ2v) is 5.54. The summed E-state index contributed by atoms with van der Waals surface area (Å²) in [5, 5.41) is 1.12. The molecule has 1 atom stereocenters. The minimum atomic E-state index is -0.810. The van der Waals surface area contributed by atoms with Crippen LogP contribution in [-0.4, -0.2) is 18.7 Å². The number of benzene rings is 1. The highest BCUT2D eigenvalue weighted by Crippen LogP contribution is 2.32. The molecule has 2 rings (SSSR count). The lowest BCUT2D eigenvalue weighted by atomic mass is 10.1. The van der Waals surface area contributed by atoms with Crippen LogP contribution in [0.1, 0.15) is 32.8 Å². The lowest BCUT2D eigenvalue weighted by Gasteiger charge is -2.15. The van der Waals surface area contributed by atoms with Gasteiger partial charge in [-0.05, 0) is 31.9 Å². The quantitative estimate of drug-likeness (QED) is 0.593. The number of ether oxygens (including phenoxy) is 2.